The van der Waals surface area contributed by atoms with Crippen LogP contribution < -0.4 is 5.32 Å². The maximum absolute atomic E-state index is 12.5. The normalized spacial score (nSPS) is 11.8. The first-order chi connectivity index (χ1) is 18.7. The fraction of sp³-hybridized carbons (Fsp3) is 0.172. The Bertz CT molecular complexity index is 1890. The Balaban J connectivity index is 1.39. The predicted molar refractivity (Wildman–Crippen MR) is 154 cm³/mol. The van der Waals surface area contributed by atoms with Gasteiger partial charge < -0.3 is 10.3 Å². The van der Waals surface area contributed by atoms with Gasteiger partial charge in [-0.25, -0.2) is 9.97 Å². The number of benzene rings is 1. The van der Waals surface area contributed by atoms with Crippen molar-refractivity contribution in [2.75, 3.05) is 5.32 Å². The number of ketones is 1. The number of pyridine rings is 2. The van der Waals surface area contributed by atoms with E-state index in [2.05, 4.69) is 30.5 Å². The number of amides is 1. The van der Waals surface area contributed by atoms with Crippen LogP contribution in [0.15, 0.2) is 61.1 Å². The van der Waals surface area contributed by atoms with Crippen LogP contribution in [0.1, 0.15) is 37.4 Å². The van der Waals surface area contributed by atoms with E-state index < -0.39 is 5.41 Å². The number of nitrogens with zero attached hydrogens (tertiary/aromatic N) is 4. The van der Waals surface area contributed by atoms with Crippen molar-refractivity contribution in [3.63, 3.8) is 0 Å². The van der Waals surface area contributed by atoms with E-state index in [0.29, 0.717) is 27.7 Å². The fourth-order valence-electron chi connectivity index (χ4n) is 4.26. The second-order valence-corrected chi connectivity index (χ2v) is 11.4. The molecule has 0 aliphatic heterocycles. The highest BCUT2D eigenvalue weighted by atomic mass is 32.1. The third kappa shape index (κ3) is 4.59. The van der Waals surface area contributed by atoms with Crippen LogP contribution in [-0.2, 0) is 4.79 Å². The van der Waals surface area contributed by atoms with Crippen molar-refractivity contribution < 1.29 is 9.59 Å². The molecule has 3 N–H and O–H groups in total. The Morgan fingerprint density at radius 2 is 1.85 bits per heavy atom. The van der Waals surface area contributed by atoms with Crippen molar-refractivity contribution in [2.24, 2.45) is 5.41 Å². The van der Waals surface area contributed by atoms with Crippen molar-refractivity contribution in [1.29, 1.82) is 0 Å². The molecule has 0 unspecified atom stereocenters. The molecule has 1 aromatic carbocycles. The van der Waals surface area contributed by atoms with Crippen LogP contribution in [0.4, 0.5) is 5.69 Å². The average molecular weight is 536 g/mol. The summed E-state index contributed by atoms with van der Waals surface area (Å²) in [6.07, 6.45) is 5.12. The van der Waals surface area contributed by atoms with E-state index in [1.807, 2.05) is 63.2 Å². The zero-order valence-electron chi connectivity index (χ0n) is 21.8. The minimum atomic E-state index is -0.513. The first-order valence-electron chi connectivity index (χ1n) is 12.4. The molecule has 0 saturated heterocycles. The lowest BCUT2D eigenvalue weighted by molar-refractivity contribution is -0.123. The maximum atomic E-state index is 12.5. The highest BCUT2D eigenvalue weighted by molar-refractivity contribution is 7.17. The fourth-order valence-corrected chi connectivity index (χ4v) is 5.19. The molecule has 0 bridgehead atoms. The largest absolute Gasteiger partial charge is 0.335 e. The molecule has 6 aromatic rings. The van der Waals surface area contributed by atoms with E-state index in [4.69, 9.17) is 4.98 Å². The van der Waals surface area contributed by atoms with Gasteiger partial charge in [0.2, 0.25) is 5.91 Å². The number of fused-ring (bicyclic) bond motifs is 2. The van der Waals surface area contributed by atoms with E-state index in [0.717, 1.165) is 38.0 Å². The molecule has 6 rings (SSSR count). The van der Waals surface area contributed by atoms with Crippen molar-refractivity contribution in [1.82, 2.24) is 30.1 Å². The Labute approximate surface area is 227 Å². The van der Waals surface area contributed by atoms with Gasteiger partial charge in [0.05, 0.1) is 27.8 Å². The summed E-state index contributed by atoms with van der Waals surface area (Å²) in [5.41, 5.74) is 5.71. The van der Waals surface area contributed by atoms with E-state index in [1.165, 1.54) is 11.3 Å². The van der Waals surface area contributed by atoms with E-state index in [-0.39, 0.29) is 11.7 Å². The number of Topliss-reactive ketones (excluding diaryl/α,β-unsaturated/α-hetero) is 1. The van der Waals surface area contributed by atoms with Gasteiger partial charge >= 0.3 is 0 Å². The monoisotopic (exact) mass is 535 g/mol. The number of aromatic amines is 2. The molecule has 0 aliphatic rings. The van der Waals surface area contributed by atoms with E-state index >= 15 is 0 Å². The van der Waals surface area contributed by atoms with Crippen LogP contribution >= 0.6 is 11.3 Å². The zero-order valence-corrected chi connectivity index (χ0v) is 22.6. The number of carbonyl (C=O) groups excluding carboxylic acids is 2. The Morgan fingerprint density at radius 3 is 2.62 bits per heavy atom. The minimum Gasteiger partial charge on any atom is -0.335 e. The summed E-state index contributed by atoms with van der Waals surface area (Å²) in [5.74, 6) is 0.547. The molecule has 5 aromatic heterocycles. The van der Waals surface area contributed by atoms with Gasteiger partial charge in [0.15, 0.2) is 17.3 Å². The summed E-state index contributed by atoms with van der Waals surface area (Å²) in [6, 6.07) is 13.6. The summed E-state index contributed by atoms with van der Waals surface area (Å²) < 4.78 is 0. The second-order valence-electron chi connectivity index (χ2n) is 10.4. The number of aromatic nitrogens is 6. The second kappa shape index (κ2) is 9.25. The minimum absolute atomic E-state index is 0.0398. The standard InChI is InChI=1S/C29H25N7O2S/c1-15(37)22-7-8-23(39-22)19-9-10-31-26-24(19)33-27(34-26)25-20-12-16(5-6-21(20)35-36-25)17-11-18(14-30-13-17)32-28(38)29(2,3)4/h5-14H,1-4H3,(H,32,38)(H,35,36)(H,31,33,34). The molecule has 0 fully saturated rings. The Kier molecular flexibility index (Phi) is 5.84. The summed E-state index contributed by atoms with van der Waals surface area (Å²) in [7, 11) is 0. The van der Waals surface area contributed by atoms with Crippen molar-refractivity contribution in [3.05, 3.63) is 65.9 Å². The van der Waals surface area contributed by atoms with Gasteiger partial charge in [-0.05, 0) is 48.9 Å². The number of hydrogen-bond donors (Lipinski definition) is 3. The SMILES string of the molecule is CC(=O)c1ccc(-c2ccnc3nc(-c4n[nH]c5ccc(-c6cncc(NC(=O)C(C)(C)C)c6)cc45)[nH]c23)s1. The predicted octanol–water partition coefficient (Wildman–Crippen LogP) is 6.48. The number of hydrogen-bond acceptors (Lipinski definition) is 7. The number of thiophene rings is 1. The van der Waals surface area contributed by atoms with Gasteiger partial charge in [0, 0.05) is 39.2 Å². The summed E-state index contributed by atoms with van der Waals surface area (Å²) >= 11 is 1.44. The van der Waals surface area contributed by atoms with Crippen LogP contribution in [-0.4, -0.2) is 41.8 Å². The summed E-state index contributed by atoms with van der Waals surface area (Å²) in [4.78, 5) is 42.9. The van der Waals surface area contributed by atoms with Crippen LogP contribution in [0.3, 0.4) is 0 Å². The number of carbonyl (C=O) groups is 2. The maximum Gasteiger partial charge on any atom is 0.229 e. The van der Waals surface area contributed by atoms with E-state index in [1.54, 1.807) is 25.5 Å². The topological polar surface area (TPSA) is 129 Å². The molecule has 5 heterocycles. The van der Waals surface area contributed by atoms with Gasteiger partial charge in [-0.15, -0.1) is 11.3 Å². The van der Waals surface area contributed by atoms with Crippen molar-refractivity contribution in [3.8, 4) is 33.1 Å². The molecule has 194 valence electrons. The lowest BCUT2D eigenvalue weighted by Gasteiger charge is -2.17. The van der Waals surface area contributed by atoms with Crippen molar-refractivity contribution >= 4 is 50.8 Å². The highest BCUT2D eigenvalue weighted by Gasteiger charge is 2.22. The number of imidazole rings is 1. The highest BCUT2D eigenvalue weighted by Crippen LogP contribution is 2.35. The molecule has 0 spiro atoms. The van der Waals surface area contributed by atoms with Crippen LogP contribution in [0, 0.1) is 5.41 Å². The van der Waals surface area contributed by atoms with Crippen LogP contribution in [0.25, 0.3) is 55.2 Å². The first kappa shape index (κ1) is 24.6. The quantitative estimate of drug-likeness (QED) is 0.217. The number of nitrogens with one attached hydrogen (secondary N) is 3. The number of H-pyrrole nitrogens is 2. The summed E-state index contributed by atoms with van der Waals surface area (Å²) in [6.45, 7) is 7.17. The first-order valence-corrected chi connectivity index (χ1v) is 13.2. The third-order valence-electron chi connectivity index (χ3n) is 6.41. The number of rotatable bonds is 5. The molecule has 39 heavy (non-hydrogen) atoms. The molecule has 1 amide bonds. The van der Waals surface area contributed by atoms with Crippen LogP contribution in [0.2, 0.25) is 0 Å². The lowest BCUT2D eigenvalue weighted by atomic mass is 9.95. The van der Waals surface area contributed by atoms with Gasteiger partial charge in [0.25, 0.3) is 0 Å². The van der Waals surface area contributed by atoms with E-state index in [9.17, 15) is 9.59 Å². The molecular formula is C29H25N7O2S. The molecule has 10 heteroatoms. The van der Waals surface area contributed by atoms with Gasteiger partial charge in [-0.2, -0.15) is 5.10 Å². The third-order valence-corrected chi connectivity index (χ3v) is 7.63. The van der Waals surface area contributed by atoms with Gasteiger partial charge in [-0.3, -0.25) is 19.7 Å². The average Bonchev–Trinajstić information content (AvgIpc) is 3.65. The van der Waals surface area contributed by atoms with Gasteiger partial charge in [0.1, 0.15) is 5.69 Å². The van der Waals surface area contributed by atoms with Crippen molar-refractivity contribution in [2.45, 2.75) is 27.7 Å². The molecule has 0 saturated carbocycles. The van der Waals surface area contributed by atoms with Crippen LogP contribution in [0.5, 0.6) is 0 Å². The smallest absolute Gasteiger partial charge is 0.229 e. The molecular weight excluding hydrogens is 510 g/mol. The van der Waals surface area contributed by atoms with Gasteiger partial charge in [-0.1, -0.05) is 26.8 Å². The molecule has 9 nitrogen and oxygen atoms in total. The molecule has 0 atom stereocenters. The molecule has 0 radical (unpaired) electrons. The Hall–Kier alpha value is -4.70. The zero-order chi connectivity index (χ0) is 27.3. The Morgan fingerprint density at radius 1 is 1.00 bits per heavy atom. The lowest BCUT2D eigenvalue weighted by Crippen LogP contribution is -2.27. The number of anilines is 1. The summed E-state index contributed by atoms with van der Waals surface area (Å²) in [5, 5.41) is 11.5. The molecule has 0 aliphatic carbocycles.